The Morgan fingerprint density at radius 1 is 1.21 bits per heavy atom. The summed E-state index contributed by atoms with van der Waals surface area (Å²) >= 11 is 1.30. The van der Waals surface area contributed by atoms with Gasteiger partial charge >= 0.3 is 0 Å². The number of hydrogen-bond acceptors (Lipinski definition) is 4. The van der Waals surface area contributed by atoms with Crippen LogP contribution >= 0.6 is 11.8 Å². The maximum atomic E-state index is 13.1. The Labute approximate surface area is 144 Å². The summed E-state index contributed by atoms with van der Waals surface area (Å²) < 4.78 is 1.63. The molecule has 4 nitrogen and oxygen atoms in total. The van der Waals surface area contributed by atoms with Crippen molar-refractivity contribution in [2.45, 2.75) is 31.2 Å². The second kappa shape index (κ2) is 6.50. The maximum absolute atomic E-state index is 13.1. The molecule has 2 aromatic carbocycles. The molecule has 0 aliphatic heterocycles. The lowest BCUT2D eigenvalue weighted by molar-refractivity contribution is 0.812. The molecule has 0 saturated carbocycles. The Morgan fingerprint density at radius 3 is 2.71 bits per heavy atom. The van der Waals surface area contributed by atoms with Crippen molar-refractivity contribution in [3.8, 4) is 11.8 Å². The summed E-state index contributed by atoms with van der Waals surface area (Å²) in [5.41, 5.74) is 3.41. The summed E-state index contributed by atoms with van der Waals surface area (Å²) in [4.78, 5) is 17.8. The van der Waals surface area contributed by atoms with Crippen LogP contribution in [0.5, 0.6) is 0 Å². The van der Waals surface area contributed by atoms with Crippen LogP contribution < -0.4 is 5.56 Å². The average Bonchev–Trinajstić information content (AvgIpc) is 2.58. The molecular formula is C19H17N3OS. The van der Waals surface area contributed by atoms with Crippen LogP contribution in [0.1, 0.15) is 18.1 Å². The van der Waals surface area contributed by atoms with Gasteiger partial charge in [0.05, 0.1) is 27.9 Å². The monoisotopic (exact) mass is 335 g/mol. The standard InChI is InChI=1S/C19H17N3OS/c1-12-8-9-13(2)17(10-12)22-18(23)15-6-4-5-7-16(15)21-19(22)24-14(3)11-20/h4-10,14H,1-3H3. The maximum Gasteiger partial charge on any atom is 0.266 e. The lowest BCUT2D eigenvalue weighted by Gasteiger charge is -2.16. The van der Waals surface area contributed by atoms with Gasteiger partial charge in [-0.1, -0.05) is 36.0 Å². The molecule has 0 N–H and O–H groups in total. The number of thioether (sulfide) groups is 1. The highest BCUT2D eigenvalue weighted by Crippen LogP contribution is 2.26. The highest BCUT2D eigenvalue weighted by molar-refractivity contribution is 8.00. The second-order valence-electron chi connectivity index (χ2n) is 5.73. The van der Waals surface area contributed by atoms with Gasteiger partial charge in [0.1, 0.15) is 0 Å². The van der Waals surface area contributed by atoms with E-state index in [-0.39, 0.29) is 10.8 Å². The molecule has 1 heterocycles. The van der Waals surface area contributed by atoms with Gasteiger partial charge < -0.3 is 0 Å². The molecule has 3 rings (SSSR count). The lowest BCUT2D eigenvalue weighted by atomic mass is 10.1. The minimum atomic E-state index is -0.297. The third kappa shape index (κ3) is 2.93. The zero-order chi connectivity index (χ0) is 17.3. The smallest absolute Gasteiger partial charge is 0.266 e. The molecule has 5 heteroatoms. The normalized spacial score (nSPS) is 12.1. The first-order chi connectivity index (χ1) is 11.5. The van der Waals surface area contributed by atoms with Gasteiger partial charge in [0, 0.05) is 0 Å². The Kier molecular flexibility index (Phi) is 4.41. The molecule has 0 fully saturated rings. The number of rotatable bonds is 3. The van der Waals surface area contributed by atoms with E-state index in [1.807, 2.05) is 50.2 Å². The highest BCUT2D eigenvalue weighted by atomic mass is 32.2. The number of fused-ring (bicyclic) bond motifs is 1. The van der Waals surface area contributed by atoms with Crippen LogP contribution in [-0.2, 0) is 0 Å². The van der Waals surface area contributed by atoms with Crippen LogP contribution in [-0.4, -0.2) is 14.8 Å². The number of hydrogen-bond donors (Lipinski definition) is 0. The summed E-state index contributed by atoms with van der Waals surface area (Å²) in [6.07, 6.45) is 0. The van der Waals surface area contributed by atoms with E-state index in [0.29, 0.717) is 16.1 Å². The molecule has 0 saturated heterocycles. The first kappa shape index (κ1) is 16.3. The van der Waals surface area contributed by atoms with Crippen molar-refractivity contribution in [3.05, 3.63) is 63.9 Å². The number of para-hydroxylation sites is 1. The predicted octanol–water partition coefficient (Wildman–Crippen LogP) is 4.01. The van der Waals surface area contributed by atoms with Gasteiger partial charge in [-0.3, -0.25) is 9.36 Å². The molecule has 24 heavy (non-hydrogen) atoms. The molecule has 0 bridgehead atoms. The van der Waals surface area contributed by atoms with Crippen LogP contribution in [0, 0.1) is 25.2 Å². The number of benzene rings is 2. The van der Waals surface area contributed by atoms with Gasteiger partial charge in [0.15, 0.2) is 5.16 Å². The van der Waals surface area contributed by atoms with Gasteiger partial charge in [-0.05, 0) is 50.1 Å². The Bertz CT molecular complexity index is 1020. The van der Waals surface area contributed by atoms with Crippen molar-refractivity contribution < 1.29 is 0 Å². The molecule has 3 aromatic rings. The quantitative estimate of drug-likeness (QED) is 0.536. The first-order valence-corrected chi connectivity index (χ1v) is 8.55. The molecule has 1 unspecified atom stereocenters. The molecule has 0 amide bonds. The fourth-order valence-electron chi connectivity index (χ4n) is 2.55. The Morgan fingerprint density at radius 2 is 1.96 bits per heavy atom. The SMILES string of the molecule is Cc1ccc(C)c(-n2c(SC(C)C#N)nc3ccccc3c2=O)c1. The largest absolute Gasteiger partial charge is 0.268 e. The van der Waals surface area contributed by atoms with Crippen LogP contribution in [0.25, 0.3) is 16.6 Å². The van der Waals surface area contributed by atoms with E-state index >= 15 is 0 Å². The molecular weight excluding hydrogens is 318 g/mol. The molecule has 0 aliphatic carbocycles. The summed E-state index contributed by atoms with van der Waals surface area (Å²) in [6.45, 7) is 5.77. The van der Waals surface area contributed by atoms with Crippen molar-refractivity contribution in [2.24, 2.45) is 0 Å². The van der Waals surface area contributed by atoms with Crippen LogP contribution in [0.15, 0.2) is 52.4 Å². The van der Waals surface area contributed by atoms with Crippen molar-refractivity contribution >= 4 is 22.7 Å². The lowest BCUT2D eigenvalue weighted by Crippen LogP contribution is -2.23. The topological polar surface area (TPSA) is 58.7 Å². The van der Waals surface area contributed by atoms with Crippen LogP contribution in [0.4, 0.5) is 0 Å². The van der Waals surface area contributed by atoms with E-state index in [0.717, 1.165) is 16.8 Å². The van der Waals surface area contributed by atoms with Crippen LogP contribution in [0.3, 0.4) is 0 Å². The van der Waals surface area contributed by atoms with Gasteiger partial charge in [0.2, 0.25) is 0 Å². The van der Waals surface area contributed by atoms with Gasteiger partial charge in [-0.25, -0.2) is 4.98 Å². The average molecular weight is 335 g/mol. The van der Waals surface area contributed by atoms with E-state index < -0.39 is 0 Å². The molecule has 0 spiro atoms. The van der Waals surface area contributed by atoms with Crippen molar-refractivity contribution in [1.82, 2.24) is 9.55 Å². The van der Waals surface area contributed by atoms with E-state index in [2.05, 4.69) is 11.1 Å². The highest BCUT2D eigenvalue weighted by Gasteiger charge is 2.17. The number of nitrogens with zero attached hydrogens (tertiary/aromatic N) is 3. The zero-order valence-corrected chi connectivity index (χ0v) is 14.6. The fourth-order valence-corrected chi connectivity index (χ4v) is 3.36. The molecule has 1 aromatic heterocycles. The molecule has 1 atom stereocenters. The second-order valence-corrected chi connectivity index (χ2v) is 7.04. The van der Waals surface area contributed by atoms with Gasteiger partial charge in [0.25, 0.3) is 5.56 Å². The summed E-state index contributed by atoms with van der Waals surface area (Å²) in [7, 11) is 0. The minimum absolute atomic E-state index is 0.109. The number of aromatic nitrogens is 2. The van der Waals surface area contributed by atoms with E-state index in [1.165, 1.54) is 11.8 Å². The summed E-state index contributed by atoms with van der Waals surface area (Å²) in [6, 6.07) is 15.5. The van der Waals surface area contributed by atoms with E-state index in [9.17, 15) is 4.79 Å². The van der Waals surface area contributed by atoms with Crippen LogP contribution in [0.2, 0.25) is 0 Å². The van der Waals surface area contributed by atoms with E-state index in [1.54, 1.807) is 17.6 Å². The number of nitriles is 1. The predicted molar refractivity (Wildman–Crippen MR) is 97.7 cm³/mol. The zero-order valence-electron chi connectivity index (χ0n) is 13.8. The van der Waals surface area contributed by atoms with Crippen molar-refractivity contribution in [3.63, 3.8) is 0 Å². The van der Waals surface area contributed by atoms with Gasteiger partial charge in [-0.2, -0.15) is 5.26 Å². The molecule has 120 valence electrons. The first-order valence-electron chi connectivity index (χ1n) is 7.67. The summed E-state index contributed by atoms with van der Waals surface area (Å²) in [5, 5.41) is 9.98. The van der Waals surface area contributed by atoms with Gasteiger partial charge in [-0.15, -0.1) is 0 Å². The number of aryl methyl sites for hydroxylation is 2. The van der Waals surface area contributed by atoms with Crippen molar-refractivity contribution in [1.29, 1.82) is 5.26 Å². The minimum Gasteiger partial charge on any atom is -0.268 e. The summed E-state index contributed by atoms with van der Waals surface area (Å²) in [5.74, 6) is 0. The van der Waals surface area contributed by atoms with E-state index in [4.69, 9.17) is 5.26 Å². The Balaban J connectivity index is 2.37. The third-order valence-corrected chi connectivity index (χ3v) is 4.76. The molecule has 0 radical (unpaired) electrons. The van der Waals surface area contributed by atoms with Crippen molar-refractivity contribution in [2.75, 3.05) is 0 Å². The molecule has 0 aliphatic rings. The fraction of sp³-hybridized carbons (Fsp3) is 0.211. The third-order valence-electron chi connectivity index (χ3n) is 3.81. The Hall–Kier alpha value is -2.58.